The fraction of sp³-hybridized carbons (Fsp3) is 0.100. The maximum atomic E-state index is 13.0. The van der Waals surface area contributed by atoms with Crippen molar-refractivity contribution in [3.8, 4) is 17.0 Å². The van der Waals surface area contributed by atoms with Gasteiger partial charge in [0.15, 0.2) is 5.69 Å². The van der Waals surface area contributed by atoms with Gasteiger partial charge >= 0.3 is 6.61 Å². The average molecular weight is 272 g/mol. The topological polar surface area (TPSA) is 93.9 Å². The summed E-state index contributed by atoms with van der Waals surface area (Å²) < 4.78 is 41.7. The summed E-state index contributed by atoms with van der Waals surface area (Å²) in [5.41, 5.74) is 4.68. The van der Waals surface area contributed by atoms with Gasteiger partial charge in [0, 0.05) is 11.6 Å². The molecular weight excluding hydrogens is 265 g/mol. The van der Waals surface area contributed by atoms with Gasteiger partial charge in [-0.1, -0.05) is 0 Å². The minimum Gasteiger partial charge on any atom is -0.434 e. The van der Waals surface area contributed by atoms with Crippen molar-refractivity contribution in [1.29, 1.82) is 0 Å². The fourth-order valence-corrected chi connectivity index (χ4v) is 1.48. The smallest absolute Gasteiger partial charge is 0.387 e. The molecule has 0 radical (unpaired) electrons. The SMILES string of the molecule is NC(=O)c1n[nH]nc1-c1ccc(F)cc1OC(F)F. The molecule has 19 heavy (non-hydrogen) atoms. The van der Waals surface area contributed by atoms with Crippen molar-refractivity contribution >= 4 is 5.91 Å². The Kier molecular flexibility index (Phi) is 3.36. The number of nitrogens with zero attached hydrogens (tertiary/aromatic N) is 2. The zero-order valence-corrected chi connectivity index (χ0v) is 9.23. The summed E-state index contributed by atoms with van der Waals surface area (Å²) >= 11 is 0. The Morgan fingerprint density at radius 1 is 1.37 bits per heavy atom. The molecule has 0 fully saturated rings. The number of nitrogens with two attached hydrogens (primary N) is 1. The zero-order chi connectivity index (χ0) is 14.0. The Hall–Kier alpha value is -2.58. The summed E-state index contributed by atoms with van der Waals surface area (Å²) in [6.45, 7) is -3.15. The number of nitrogens with one attached hydrogen (secondary N) is 1. The van der Waals surface area contributed by atoms with E-state index in [9.17, 15) is 18.0 Å². The highest BCUT2D eigenvalue weighted by atomic mass is 19.3. The number of rotatable bonds is 4. The number of halogens is 3. The third-order valence-electron chi connectivity index (χ3n) is 2.20. The molecule has 0 saturated carbocycles. The van der Waals surface area contributed by atoms with Gasteiger partial charge in [-0.2, -0.15) is 24.2 Å². The highest BCUT2D eigenvalue weighted by molar-refractivity contribution is 5.97. The molecule has 2 rings (SSSR count). The summed E-state index contributed by atoms with van der Waals surface area (Å²) in [6.07, 6.45) is 0. The summed E-state index contributed by atoms with van der Waals surface area (Å²) in [5, 5.41) is 9.24. The Balaban J connectivity index is 2.55. The number of hydrogen-bond acceptors (Lipinski definition) is 4. The molecule has 0 aliphatic carbocycles. The first-order valence-electron chi connectivity index (χ1n) is 4.94. The second-order valence-electron chi connectivity index (χ2n) is 3.40. The number of primary amides is 1. The highest BCUT2D eigenvalue weighted by Crippen LogP contribution is 2.31. The lowest BCUT2D eigenvalue weighted by Crippen LogP contribution is -2.13. The number of benzene rings is 1. The third-order valence-corrected chi connectivity index (χ3v) is 2.20. The van der Waals surface area contributed by atoms with Crippen LogP contribution in [-0.4, -0.2) is 27.9 Å². The predicted molar refractivity (Wildman–Crippen MR) is 56.9 cm³/mol. The van der Waals surface area contributed by atoms with Crippen molar-refractivity contribution < 1.29 is 22.7 Å². The van der Waals surface area contributed by atoms with E-state index in [-0.39, 0.29) is 17.0 Å². The lowest BCUT2D eigenvalue weighted by Gasteiger charge is -2.09. The van der Waals surface area contributed by atoms with Gasteiger partial charge < -0.3 is 10.5 Å². The van der Waals surface area contributed by atoms with E-state index in [0.717, 1.165) is 18.2 Å². The molecule has 0 unspecified atom stereocenters. The van der Waals surface area contributed by atoms with Crippen molar-refractivity contribution in [2.75, 3.05) is 0 Å². The second-order valence-corrected chi connectivity index (χ2v) is 3.40. The Bertz CT molecular complexity index is 615. The number of aromatic amines is 1. The van der Waals surface area contributed by atoms with Crippen LogP contribution in [0.25, 0.3) is 11.3 Å². The summed E-state index contributed by atoms with van der Waals surface area (Å²) in [5.74, 6) is -2.15. The Morgan fingerprint density at radius 3 is 2.74 bits per heavy atom. The number of amides is 1. The third kappa shape index (κ3) is 2.64. The number of hydrogen-bond donors (Lipinski definition) is 2. The highest BCUT2D eigenvalue weighted by Gasteiger charge is 2.20. The van der Waals surface area contributed by atoms with Crippen molar-refractivity contribution in [1.82, 2.24) is 15.4 Å². The van der Waals surface area contributed by atoms with Crippen LogP contribution in [0.3, 0.4) is 0 Å². The molecule has 0 atom stereocenters. The van der Waals surface area contributed by atoms with Gasteiger partial charge in [-0.05, 0) is 12.1 Å². The Labute approximate surface area is 104 Å². The van der Waals surface area contributed by atoms with Crippen molar-refractivity contribution in [2.24, 2.45) is 5.73 Å². The normalized spacial score (nSPS) is 10.7. The molecule has 0 saturated heterocycles. The predicted octanol–water partition coefficient (Wildman–Crippen LogP) is 1.31. The van der Waals surface area contributed by atoms with Crippen molar-refractivity contribution in [3.05, 3.63) is 29.7 Å². The maximum absolute atomic E-state index is 13.0. The average Bonchev–Trinajstić information content (AvgIpc) is 2.77. The molecule has 0 aliphatic rings. The zero-order valence-electron chi connectivity index (χ0n) is 9.23. The molecule has 0 bridgehead atoms. The van der Waals surface area contributed by atoms with E-state index >= 15 is 0 Å². The molecule has 9 heteroatoms. The number of alkyl halides is 2. The van der Waals surface area contributed by atoms with E-state index in [2.05, 4.69) is 20.1 Å². The van der Waals surface area contributed by atoms with Gasteiger partial charge in [0.1, 0.15) is 17.3 Å². The van der Waals surface area contributed by atoms with Gasteiger partial charge in [0.25, 0.3) is 5.91 Å². The van der Waals surface area contributed by atoms with Crippen LogP contribution in [-0.2, 0) is 0 Å². The maximum Gasteiger partial charge on any atom is 0.387 e. The Morgan fingerprint density at radius 2 is 2.11 bits per heavy atom. The van der Waals surface area contributed by atoms with Crippen LogP contribution in [0.2, 0.25) is 0 Å². The molecular formula is C10H7F3N4O2. The molecule has 2 aromatic rings. The van der Waals surface area contributed by atoms with Gasteiger partial charge in [0.2, 0.25) is 0 Å². The lowest BCUT2D eigenvalue weighted by molar-refractivity contribution is -0.0496. The summed E-state index contributed by atoms with van der Waals surface area (Å²) in [7, 11) is 0. The number of H-pyrrole nitrogens is 1. The largest absolute Gasteiger partial charge is 0.434 e. The van der Waals surface area contributed by atoms with Gasteiger partial charge in [-0.25, -0.2) is 4.39 Å². The van der Waals surface area contributed by atoms with Crippen LogP contribution in [0, 0.1) is 5.82 Å². The van der Waals surface area contributed by atoms with Crippen LogP contribution in [0.4, 0.5) is 13.2 Å². The minimum atomic E-state index is -3.15. The van der Waals surface area contributed by atoms with Gasteiger partial charge in [-0.15, -0.1) is 0 Å². The van der Waals surface area contributed by atoms with E-state index in [1.165, 1.54) is 0 Å². The van der Waals surface area contributed by atoms with Crippen molar-refractivity contribution in [2.45, 2.75) is 6.61 Å². The lowest BCUT2D eigenvalue weighted by atomic mass is 10.1. The summed E-state index contributed by atoms with van der Waals surface area (Å²) in [4.78, 5) is 11.1. The summed E-state index contributed by atoms with van der Waals surface area (Å²) in [6, 6.07) is 2.89. The molecule has 3 N–H and O–H groups in total. The van der Waals surface area contributed by atoms with Gasteiger partial charge in [0.05, 0.1) is 0 Å². The molecule has 1 aromatic heterocycles. The number of ether oxygens (including phenoxy) is 1. The van der Waals surface area contributed by atoms with E-state index < -0.39 is 24.1 Å². The fourth-order valence-electron chi connectivity index (χ4n) is 1.48. The molecule has 6 nitrogen and oxygen atoms in total. The second kappa shape index (κ2) is 4.96. The van der Waals surface area contributed by atoms with Crippen molar-refractivity contribution in [3.63, 3.8) is 0 Å². The molecule has 1 aromatic carbocycles. The molecule has 0 aliphatic heterocycles. The molecule has 1 heterocycles. The molecule has 1 amide bonds. The quantitative estimate of drug-likeness (QED) is 0.877. The van der Waals surface area contributed by atoms with E-state index in [1.54, 1.807) is 0 Å². The first-order chi connectivity index (χ1) is 8.99. The van der Waals surface area contributed by atoms with Crippen LogP contribution >= 0.6 is 0 Å². The standard InChI is InChI=1S/C10H7F3N4O2/c11-4-1-2-5(6(3-4)19-10(12)13)7-8(9(14)18)16-17-15-7/h1-3,10H,(H2,14,18)(H,15,16,17). The number of carbonyl (C=O) groups is 1. The monoisotopic (exact) mass is 272 g/mol. The van der Waals surface area contributed by atoms with E-state index in [1.807, 2.05) is 0 Å². The first kappa shape index (κ1) is 12.9. The van der Waals surface area contributed by atoms with Crippen LogP contribution in [0.5, 0.6) is 5.75 Å². The van der Waals surface area contributed by atoms with Crippen LogP contribution in [0.1, 0.15) is 10.5 Å². The molecule has 0 spiro atoms. The number of aromatic nitrogens is 3. The van der Waals surface area contributed by atoms with Crippen LogP contribution in [0.15, 0.2) is 18.2 Å². The number of carbonyl (C=O) groups excluding carboxylic acids is 1. The van der Waals surface area contributed by atoms with Gasteiger partial charge in [-0.3, -0.25) is 4.79 Å². The van der Waals surface area contributed by atoms with E-state index in [4.69, 9.17) is 5.73 Å². The first-order valence-corrected chi connectivity index (χ1v) is 4.94. The van der Waals surface area contributed by atoms with Crippen LogP contribution < -0.4 is 10.5 Å². The molecule has 100 valence electrons. The van der Waals surface area contributed by atoms with E-state index in [0.29, 0.717) is 0 Å². The minimum absolute atomic E-state index is 0.0238.